The van der Waals surface area contributed by atoms with E-state index >= 15 is 0 Å². The maximum atomic E-state index is 12.9. The Hall–Kier alpha value is -1.40. The third-order valence-corrected chi connectivity index (χ3v) is 5.50. The second kappa shape index (κ2) is 7.01. The molecule has 1 amide bonds. The number of aromatic nitrogens is 2. The van der Waals surface area contributed by atoms with E-state index in [1.807, 2.05) is 24.5 Å². The van der Waals surface area contributed by atoms with Gasteiger partial charge in [0, 0.05) is 40.0 Å². The summed E-state index contributed by atoms with van der Waals surface area (Å²) < 4.78 is 7.21. The standard InChI is InChI=1S/C17H28N4O2/c1-19-14-18-12-15(19)13-20-7-3-4-17(5-8-20)6-9-21(16(17)22)10-11-23-2/h12,14H,3-11,13H2,1-2H3. The fourth-order valence-corrected chi connectivity index (χ4v) is 3.95. The Morgan fingerprint density at radius 2 is 2.09 bits per heavy atom. The van der Waals surface area contributed by atoms with E-state index in [2.05, 4.69) is 14.5 Å². The predicted octanol–water partition coefficient (Wildman–Crippen LogP) is 1.27. The predicted molar refractivity (Wildman–Crippen MR) is 87.8 cm³/mol. The highest BCUT2D eigenvalue weighted by atomic mass is 16.5. The van der Waals surface area contributed by atoms with Gasteiger partial charge in [-0.05, 0) is 38.8 Å². The zero-order valence-electron chi connectivity index (χ0n) is 14.3. The first-order valence-electron chi connectivity index (χ1n) is 8.60. The average Bonchev–Trinajstić information content (AvgIpc) is 2.99. The number of imidazole rings is 1. The van der Waals surface area contributed by atoms with Crippen LogP contribution in [-0.2, 0) is 23.1 Å². The molecule has 23 heavy (non-hydrogen) atoms. The van der Waals surface area contributed by atoms with E-state index in [0.717, 1.165) is 58.4 Å². The lowest BCUT2D eigenvalue weighted by Gasteiger charge is -2.26. The van der Waals surface area contributed by atoms with E-state index in [0.29, 0.717) is 12.5 Å². The number of rotatable bonds is 5. The first-order chi connectivity index (χ1) is 11.1. The lowest BCUT2D eigenvalue weighted by Crippen LogP contribution is -2.37. The number of methoxy groups -OCH3 is 1. The molecule has 0 radical (unpaired) electrons. The summed E-state index contributed by atoms with van der Waals surface area (Å²) in [5, 5.41) is 0. The van der Waals surface area contributed by atoms with Crippen LogP contribution in [0.1, 0.15) is 31.4 Å². The van der Waals surface area contributed by atoms with Gasteiger partial charge in [-0.3, -0.25) is 9.69 Å². The van der Waals surface area contributed by atoms with Crippen molar-refractivity contribution in [3.63, 3.8) is 0 Å². The summed E-state index contributed by atoms with van der Waals surface area (Å²) in [5.74, 6) is 0.358. The quantitative estimate of drug-likeness (QED) is 0.820. The minimum absolute atomic E-state index is 0.116. The molecular weight excluding hydrogens is 292 g/mol. The molecule has 2 aliphatic rings. The van der Waals surface area contributed by atoms with Gasteiger partial charge in [0.05, 0.1) is 24.0 Å². The van der Waals surface area contributed by atoms with Gasteiger partial charge in [-0.1, -0.05) is 0 Å². The number of nitrogens with zero attached hydrogens (tertiary/aromatic N) is 4. The number of hydrogen-bond acceptors (Lipinski definition) is 4. The fraction of sp³-hybridized carbons (Fsp3) is 0.765. The van der Waals surface area contributed by atoms with Gasteiger partial charge in [-0.25, -0.2) is 4.98 Å². The van der Waals surface area contributed by atoms with Crippen molar-refractivity contribution in [3.8, 4) is 0 Å². The van der Waals surface area contributed by atoms with Crippen LogP contribution in [0.25, 0.3) is 0 Å². The van der Waals surface area contributed by atoms with Crippen LogP contribution in [0, 0.1) is 5.41 Å². The molecule has 1 aromatic heterocycles. The molecule has 1 unspecified atom stereocenters. The van der Waals surface area contributed by atoms with Crippen LogP contribution in [0.5, 0.6) is 0 Å². The van der Waals surface area contributed by atoms with Gasteiger partial charge in [0.1, 0.15) is 0 Å². The number of hydrogen-bond donors (Lipinski definition) is 0. The van der Waals surface area contributed by atoms with E-state index in [4.69, 9.17) is 4.74 Å². The zero-order valence-corrected chi connectivity index (χ0v) is 14.3. The highest BCUT2D eigenvalue weighted by molar-refractivity contribution is 5.84. The van der Waals surface area contributed by atoms with Crippen LogP contribution >= 0.6 is 0 Å². The SMILES string of the molecule is COCCN1CCC2(CCCN(Cc3cncn3C)CC2)C1=O. The van der Waals surface area contributed by atoms with Crippen molar-refractivity contribution in [2.24, 2.45) is 12.5 Å². The molecule has 0 saturated carbocycles. The third kappa shape index (κ3) is 3.43. The largest absolute Gasteiger partial charge is 0.383 e. The van der Waals surface area contributed by atoms with Crippen molar-refractivity contribution >= 4 is 5.91 Å². The lowest BCUT2D eigenvalue weighted by molar-refractivity contribution is -0.137. The fourth-order valence-electron chi connectivity index (χ4n) is 3.95. The summed E-state index contributed by atoms with van der Waals surface area (Å²) in [6.07, 6.45) is 7.90. The average molecular weight is 320 g/mol. The van der Waals surface area contributed by atoms with Gasteiger partial charge < -0.3 is 14.2 Å². The van der Waals surface area contributed by atoms with Gasteiger partial charge in [-0.2, -0.15) is 0 Å². The van der Waals surface area contributed by atoms with Crippen LogP contribution in [0.4, 0.5) is 0 Å². The molecule has 3 heterocycles. The number of carbonyl (C=O) groups excluding carboxylic acids is 1. The van der Waals surface area contributed by atoms with E-state index in [1.165, 1.54) is 5.69 Å². The van der Waals surface area contributed by atoms with Crippen LogP contribution < -0.4 is 0 Å². The Morgan fingerprint density at radius 3 is 2.83 bits per heavy atom. The molecule has 0 aromatic carbocycles. The maximum absolute atomic E-state index is 12.9. The first kappa shape index (κ1) is 16.5. The minimum atomic E-state index is -0.116. The number of likely N-dealkylation sites (tertiary alicyclic amines) is 2. The molecule has 2 saturated heterocycles. The van der Waals surface area contributed by atoms with Crippen LogP contribution in [0.3, 0.4) is 0 Å². The number of carbonyl (C=O) groups is 1. The molecule has 3 rings (SSSR count). The monoisotopic (exact) mass is 320 g/mol. The van der Waals surface area contributed by atoms with Crippen LogP contribution in [0.2, 0.25) is 0 Å². The second-order valence-electron chi connectivity index (χ2n) is 6.94. The lowest BCUT2D eigenvalue weighted by atomic mass is 9.79. The Morgan fingerprint density at radius 1 is 1.26 bits per heavy atom. The number of ether oxygens (including phenoxy) is 1. The van der Waals surface area contributed by atoms with Crippen LogP contribution in [-0.4, -0.2) is 65.2 Å². The minimum Gasteiger partial charge on any atom is -0.383 e. The molecular formula is C17H28N4O2. The highest BCUT2D eigenvalue weighted by Gasteiger charge is 2.46. The van der Waals surface area contributed by atoms with Crippen molar-refractivity contribution in [1.82, 2.24) is 19.4 Å². The van der Waals surface area contributed by atoms with Gasteiger partial charge in [-0.15, -0.1) is 0 Å². The summed E-state index contributed by atoms with van der Waals surface area (Å²) in [6, 6.07) is 0. The molecule has 2 fully saturated rings. The molecule has 1 atom stereocenters. The number of amides is 1. The summed E-state index contributed by atoms with van der Waals surface area (Å²) in [4.78, 5) is 21.5. The smallest absolute Gasteiger partial charge is 0.228 e. The molecule has 128 valence electrons. The normalized spacial score (nSPS) is 26.2. The molecule has 0 bridgehead atoms. The van der Waals surface area contributed by atoms with Gasteiger partial charge in [0.2, 0.25) is 5.91 Å². The zero-order chi connectivity index (χ0) is 16.3. The van der Waals surface area contributed by atoms with Gasteiger partial charge in [0.25, 0.3) is 0 Å². The summed E-state index contributed by atoms with van der Waals surface area (Å²) in [5.41, 5.74) is 1.12. The summed E-state index contributed by atoms with van der Waals surface area (Å²) in [6.45, 7) is 5.25. The van der Waals surface area contributed by atoms with Crippen molar-refractivity contribution in [1.29, 1.82) is 0 Å². The first-order valence-corrected chi connectivity index (χ1v) is 8.60. The molecule has 2 aliphatic heterocycles. The van der Waals surface area contributed by atoms with E-state index in [9.17, 15) is 4.79 Å². The van der Waals surface area contributed by atoms with Crippen molar-refractivity contribution in [2.75, 3.05) is 39.9 Å². The molecule has 1 spiro atoms. The summed E-state index contributed by atoms with van der Waals surface area (Å²) >= 11 is 0. The molecule has 6 heteroatoms. The molecule has 1 aromatic rings. The van der Waals surface area contributed by atoms with E-state index < -0.39 is 0 Å². The van der Waals surface area contributed by atoms with Gasteiger partial charge >= 0.3 is 0 Å². The van der Waals surface area contributed by atoms with E-state index in [-0.39, 0.29) is 5.41 Å². The van der Waals surface area contributed by atoms with Crippen molar-refractivity contribution in [2.45, 2.75) is 32.2 Å². The molecule has 0 aliphatic carbocycles. The van der Waals surface area contributed by atoms with Crippen molar-refractivity contribution < 1.29 is 9.53 Å². The Bertz CT molecular complexity index is 544. The van der Waals surface area contributed by atoms with Crippen LogP contribution in [0.15, 0.2) is 12.5 Å². The maximum Gasteiger partial charge on any atom is 0.228 e. The van der Waals surface area contributed by atoms with Crippen molar-refractivity contribution in [3.05, 3.63) is 18.2 Å². The Labute approximate surface area is 138 Å². The van der Waals surface area contributed by atoms with Gasteiger partial charge in [0.15, 0.2) is 0 Å². The highest BCUT2D eigenvalue weighted by Crippen LogP contribution is 2.41. The third-order valence-electron chi connectivity index (χ3n) is 5.50. The molecule has 0 N–H and O–H groups in total. The second-order valence-corrected chi connectivity index (χ2v) is 6.94. The Balaban J connectivity index is 1.60. The van der Waals surface area contributed by atoms with E-state index in [1.54, 1.807) is 7.11 Å². The number of aryl methyl sites for hydroxylation is 1. The Kier molecular flexibility index (Phi) is 5.02. The molecule has 6 nitrogen and oxygen atoms in total. The summed E-state index contributed by atoms with van der Waals surface area (Å²) in [7, 11) is 3.73. The topological polar surface area (TPSA) is 50.6 Å².